The van der Waals surface area contributed by atoms with Crippen molar-refractivity contribution >= 4 is 17.1 Å². The third kappa shape index (κ3) is 3.53. The number of imidazole rings is 1. The molecule has 28 heavy (non-hydrogen) atoms. The van der Waals surface area contributed by atoms with Gasteiger partial charge >= 0.3 is 0 Å². The van der Waals surface area contributed by atoms with E-state index in [2.05, 4.69) is 28.5 Å². The van der Waals surface area contributed by atoms with Crippen molar-refractivity contribution < 1.29 is 4.79 Å². The van der Waals surface area contributed by atoms with Crippen molar-refractivity contribution in [2.75, 3.05) is 13.1 Å². The molecule has 0 unspecified atom stereocenters. The Bertz CT molecular complexity index is 982. The number of carbonyl (C=O) groups is 1. The lowest BCUT2D eigenvalue weighted by atomic mass is 10.0. The molecule has 1 aliphatic rings. The maximum absolute atomic E-state index is 12.8. The number of hydrogen-bond acceptors (Lipinski definition) is 4. The van der Waals surface area contributed by atoms with Gasteiger partial charge in [-0.1, -0.05) is 13.8 Å². The summed E-state index contributed by atoms with van der Waals surface area (Å²) in [4.78, 5) is 24.1. The molecule has 4 heterocycles. The van der Waals surface area contributed by atoms with Crippen LogP contribution in [-0.2, 0) is 20.0 Å². The second kappa shape index (κ2) is 7.37. The van der Waals surface area contributed by atoms with Crippen LogP contribution in [0, 0.1) is 18.8 Å². The monoisotopic (exact) mass is 380 g/mol. The quantitative estimate of drug-likeness (QED) is 0.682. The minimum atomic E-state index is 0.0311. The van der Waals surface area contributed by atoms with Crippen LogP contribution in [0.5, 0.6) is 0 Å². The van der Waals surface area contributed by atoms with Crippen LogP contribution in [0.25, 0.3) is 11.2 Å². The van der Waals surface area contributed by atoms with Crippen LogP contribution in [-0.4, -0.2) is 48.2 Å². The maximum atomic E-state index is 12.8. The van der Waals surface area contributed by atoms with Crippen LogP contribution in [0.3, 0.4) is 0 Å². The summed E-state index contributed by atoms with van der Waals surface area (Å²) in [6.07, 6.45) is 3.69. The molecular formula is C21H28N6O. The van der Waals surface area contributed by atoms with Gasteiger partial charge in [-0.2, -0.15) is 5.10 Å². The number of likely N-dealkylation sites (tertiary alicyclic amines) is 1. The molecule has 0 saturated carbocycles. The maximum Gasteiger partial charge on any atom is 0.274 e. The number of carbonyl (C=O) groups excluding carboxylic acids is 1. The van der Waals surface area contributed by atoms with Crippen molar-refractivity contribution in [3.63, 3.8) is 0 Å². The van der Waals surface area contributed by atoms with Crippen LogP contribution in [0.1, 0.15) is 42.3 Å². The van der Waals surface area contributed by atoms with Gasteiger partial charge < -0.3 is 9.47 Å². The van der Waals surface area contributed by atoms with E-state index in [9.17, 15) is 4.79 Å². The Morgan fingerprint density at radius 2 is 2.18 bits per heavy atom. The van der Waals surface area contributed by atoms with Crippen LogP contribution < -0.4 is 0 Å². The molecule has 0 bridgehead atoms. The Morgan fingerprint density at radius 1 is 1.36 bits per heavy atom. The topological polar surface area (TPSA) is 68.8 Å². The van der Waals surface area contributed by atoms with E-state index in [0.29, 0.717) is 17.5 Å². The minimum absolute atomic E-state index is 0.0311. The standard InChI is InChI=1S/C21H28N6O/c1-14(2)12-27-19(23-17-6-5-8-22-20(17)27)11-16-7-9-26(13-16)21(28)18-10-15(3)25(4)24-18/h5-6,8,10,14,16H,7,9,11-13H2,1-4H3/t16-/m0/s1. The summed E-state index contributed by atoms with van der Waals surface area (Å²) < 4.78 is 4.01. The van der Waals surface area contributed by atoms with E-state index in [4.69, 9.17) is 4.98 Å². The first-order valence-corrected chi connectivity index (χ1v) is 10.0. The van der Waals surface area contributed by atoms with E-state index < -0.39 is 0 Å². The summed E-state index contributed by atoms with van der Waals surface area (Å²) in [5.74, 6) is 2.04. The summed E-state index contributed by atoms with van der Waals surface area (Å²) in [6.45, 7) is 8.83. The number of rotatable bonds is 5. The Labute approximate surface area is 165 Å². The molecule has 1 amide bonds. The SMILES string of the molecule is Cc1cc(C(=O)N2CC[C@@H](Cc3nc4cccnc4n3CC(C)C)C2)nn1C. The zero-order valence-electron chi connectivity index (χ0n) is 17.1. The summed E-state index contributed by atoms with van der Waals surface area (Å²) in [5, 5.41) is 4.34. The van der Waals surface area contributed by atoms with Gasteiger partial charge in [0.1, 0.15) is 11.3 Å². The summed E-state index contributed by atoms with van der Waals surface area (Å²) in [5.41, 5.74) is 3.44. The predicted octanol–water partition coefficient (Wildman–Crippen LogP) is 2.83. The van der Waals surface area contributed by atoms with Crippen molar-refractivity contribution in [1.29, 1.82) is 0 Å². The number of nitrogens with zero attached hydrogens (tertiary/aromatic N) is 6. The first-order chi connectivity index (χ1) is 13.4. The molecule has 3 aromatic rings. The van der Waals surface area contributed by atoms with E-state index in [1.807, 2.05) is 43.3 Å². The second-order valence-corrected chi connectivity index (χ2v) is 8.28. The van der Waals surface area contributed by atoms with Crippen LogP contribution >= 0.6 is 0 Å². The first kappa shape index (κ1) is 18.7. The van der Waals surface area contributed by atoms with E-state index in [1.54, 1.807) is 4.68 Å². The zero-order chi connectivity index (χ0) is 19.8. The van der Waals surface area contributed by atoms with Gasteiger partial charge in [0, 0.05) is 45.0 Å². The molecule has 7 heteroatoms. The van der Waals surface area contributed by atoms with Crippen molar-refractivity contribution in [2.45, 2.75) is 40.2 Å². The first-order valence-electron chi connectivity index (χ1n) is 10.0. The molecule has 0 aromatic carbocycles. The van der Waals surface area contributed by atoms with Crippen LogP contribution in [0.2, 0.25) is 0 Å². The number of hydrogen-bond donors (Lipinski definition) is 0. The largest absolute Gasteiger partial charge is 0.337 e. The van der Waals surface area contributed by atoms with Gasteiger partial charge in [0.2, 0.25) is 0 Å². The minimum Gasteiger partial charge on any atom is -0.337 e. The van der Waals surface area contributed by atoms with E-state index in [-0.39, 0.29) is 5.91 Å². The van der Waals surface area contributed by atoms with Gasteiger partial charge in [-0.3, -0.25) is 9.48 Å². The summed E-state index contributed by atoms with van der Waals surface area (Å²) in [7, 11) is 1.87. The Hall–Kier alpha value is -2.70. The second-order valence-electron chi connectivity index (χ2n) is 8.28. The lowest BCUT2D eigenvalue weighted by Gasteiger charge is -2.16. The van der Waals surface area contributed by atoms with Gasteiger partial charge in [0.25, 0.3) is 5.91 Å². The molecule has 0 spiro atoms. The molecule has 1 atom stereocenters. The Kier molecular flexibility index (Phi) is 4.91. The molecule has 1 fully saturated rings. The molecular weight excluding hydrogens is 352 g/mol. The van der Waals surface area contributed by atoms with Crippen LogP contribution in [0.15, 0.2) is 24.4 Å². The highest BCUT2D eigenvalue weighted by atomic mass is 16.2. The highest BCUT2D eigenvalue weighted by molar-refractivity contribution is 5.92. The fraction of sp³-hybridized carbons (Fsp3) is 0.524. The molecule has 4 rings (SSSR count). The average molecular weight is 380 g/mol. The van der Waals surface area contributed by atoms with Crippen molar-refractivity contribution in [2.24, 2.45) is 18.9 Å². The lowest BCUT2D eigenvalue weighted by Crippen LogP contribution is -2.29. The predicted molar refractivity (Wildman–Crippen MR) is 108 cm³/mol. The fourth-order valence-corrected chi connectivity index (χ4v) is 3.99. The highest BCUT2D eigenvalue weighted by Gasteiger charge is 2.30. The zero-order valence-corrected chi connectivity index (χ0v) is 17.1. The lowest BCUT2D eigenvalue weighted by molar-refractivity contribution is 0.0780. The number of pyridine rings is 1. The molecule has 0 radical (unpaired) electrons. The van der Waals surface area contributed by atoms with Crippen molar-refractivity contribution in [3.05, 3.63) is 41.6 Å². The van der Waals surface area contributed by atoms with Crippen LogP contribution in [0.4, 0.5) is 0 Å². The molecule has 0 N–H and O–H groups in total. The normalized spacial score (nSPS) is 17.2. The number of aromatic nitrogens is 5. The summed E-state index contributed by atoms with van der Waals surface area (Å²) in [6, 6.07) is 5.82. The van der Waals surface area contributed by atoms with Crippen molar-refractivity contribution in [3.8, 4) is 0 Å². The highest BCUT2D eigenvalue weighted by Crippen LogP contribution is 2.24. The molecule has 0 aliphatic carbocycles. The van der Waals surface area contributed by atoms with Gasteiger partial charge in [0.05, 0.1) is 0 Å². The van der Waals surface area contributed by atoms with Gasteiger partial charge in [0.15, 0.2) is 11.3 Å². The van der Waals surface area contributed by atoms with Gasteiger partial charge in [-0.15, -0.1) is 0 Å². The van der Waals surface area contributed by atoms with E-state index >= 15 is 0 Å². The van der Waals surface area contributed by atoms with Gasteiger partial charge in [-0.25, -0.2) is 9.97 Å². The van der Waals surface area contributed by atoms with E-state index in [1.165, 1.54) is 0 Å². The Morgan fingerprint density at radius 3 is 2.89 bits per heavy atom. The number of amides is 1. The molecule has 1 aliphatic heterocycles. The molecule has 3 aromatic heterocycles. The third-order valence-corrected chi connectivity index (χ3v) is 5.51. The smallest absolute Gasteiger partial charge is 0.274 e. The molecule has 148 valence electrons. The van der Waals surface area contributed by atoms with Gasteiger partial charge in [-0.05, 0) is 43.4 Å². The Balaban J connectivity index is 1.50. The van der Waals surface area contributed by atoms with E-state index in [0.717, 1.165) is 55.2 Å². The fourth-order valence-electron chi connectivity index (χ4n) is 3.99. The van der Waals surface area contributed by atoms with Crippen molar-refractivity contribution in [1.82, 2.24) is 29.2 Å². The molecule has 1 saturated heterocycles. The number of aryl methyl sites for hydroxylation is 2. The third-order valence-electron chi connectivity index (χ3n) is 5.51. The molecule has 7 nitrogen and oxygen atoms in total. The summed E-state index contributed by atoms with van der Waals surface area (Å²) >= 11 is 0. The number of fused-ring (bicyclic) bond motifs is 1. The average Bonchev–Trinajstić information content (AvgIpc) is 3.34.